The van der Waals surface area contributed by atoms with Gasteiger partial charge in [-0.15, -0.1) is 0 Å². The average Bonchev–Trinajstić information content (AvgIpc) is 2.57. The number of hydrogen-bond acceptors (Lipinski definition) is 4. The molecule has 1 aromatic rings. The monoisotopic (exact) mass is 281 g/mol. The minimum absolute atomic E-state index is 0.190. The molecule has 0 amide bonds. The van der Waals surface area contributed by atoms with E-state index < -0.39 is 30.1 Å². The standard InChI is InChI=1S/C14H21BFNO3/c1-13(2)14(3,4)20-15(19-13)12(17)9-6-7-11(18-5)10(16)8-9/h6-8,12H,17H2,1-5H3/t12-/m1/s1. The number of rotatable bonds is 3. The third-order valence-corrected chi connectivity index (χ3v) is 4.13. The van der Waals surface area contributed by atoms with E-state index in [0.717, 1.165) is 0 Å². The Morgan fingerprint density at radius 1 is 1.20 bits per heavy atom. The number of benzene rings is 1. The highest BCUT2D eigenvalue weighted by Gasteiger charge is 2.53. The molecule has 0 unspecified atom stereocenters. The lowest BCUT2D eigenvalue weighted by molar-refractivity contribution is 0.00578. The van der Waals surface area contributed by atoms with E-state index in [1.807, 2.05) is 27.7 Å². The van der Waals surface area contributed by atoms with Crippen LogP contribution >= 0.6 is 0 Å². The molecule has 110 valence electrons. The minimum atomic E-state index is -0.604. The second kappa shape index (κ2) is 5.02. The molecule has 20 heavy (non-hydrogen) atoms. The summed E-state index contributed by atoms with van der Waals surface area (Å²) in [6, 6.07) is 4.63. The topological polar surface area (TPSA) is 53.7 Å². The number of hydrogen-bond donors (Lipinski definition) is 1. The summed E-state index contributed by atoms with van der Waals surface area (Å²) in [7, 11) is 0.819. The zero-order valence-corrected chi connectivity index (χ0v) is 12.6. The maximum atomic E-state index is 13.7. The van der Waals surface area contributed by atoms with Gasteiger partial charge < -0.3 is 19.8 Å². The molecule has 4 nitrogen and oxygen atoms in total. The van der Waals surface area contributed by atoms with Crippen LogP contribution in [0.2, 0.25) is 0 Å². The van der Waals surface area contributed by atoms with E-state index in [1.165, 1.54) is 13.2 Å². The second-order valence-electron chi connectivity index (χ2n) is 6.04. The van der Waals surface area contributed by atoms with Gasteiger partial charge in [-0.3, -0.25) is 0 Å². The summed E-state index contributed by atoms with van der Waals surface area (Å²) >= 11 is 0. The van der Waals surface area contributed by atoms with Gasteiger partial charge in [0.1, 0.15) is 0 Å². The largest absolute Gasteiger partial charge is 0.494 e. The molecule has 1 aliphatic rings. The Morgan fingerprint density at radius 2 is 1.75 bits per heavy atom. The number of methoxy groups -OCH3 is 1. The molecule has 0 aliphatic carbocycles. The van der Waals surface area contributed by atoms with E-state index in [9.17, 15) is 4.39 Å². The lowest BCUT2D eigenvalue weighted by Gasteiger charge is -2.32. The number of ether oxygens (including phenoxy) is 1. The summed E-state index contributed by atoms with van der Waals surface area (Å²) in [6.07, 6.45) is 0. The zero-order valence-electron chi connectivity index (χ0n) is 12.6. The van der Waals surface area contributed by atoms with Crippen molar-refractivity contribution in [2.75, 3.05) is 7.11 Å². The molecular formula is C14H21BFNO3. The SMILES string of the molecule is COc1ccc([C@@H](N)B2OC(C)(C)C(C)(C)O2)cc1F. The van der Waals surface area contributed by atoms with Gasteiger partial charge in [-0.05, 0) is 45.4 Å². The van der Waals surface area contributed by atoms with Gasteiger partial charge in [-0.1, -0.05) is 6.07 Å². The van der Waals surface area contributed by atoms with Crippen molar-refractivity contribution in [3.63, 3.8) is 0 Å². The molecular weight excluding hydrogens is 260 g/mol. The zero-order chi connectivity index (χ0) is 15.1. The van der Waals surface area contributed by atoms with Crippen LogP contribution in [0.4, 0.5) is 4.39 Å². The summed E-state index contributed by atoms with van der Waals surface area (Å²) in [6.45, 7) is 7.81. The molecule has 1 saturated heterocycles. The fraction of sp³-hybridized carbons (Fsp3) is 0.571. The van der Waals surface area contributed by atoms with E-state index >= 15 is 0 Å². The molecule has 0 aromatic heterocycles. The molecule has 2 N–H and O–H groups in total. The Kier molecular flexibility index (Phi) is 3.84. The smallest absolute Gasteiger partial charge is 0.480 e. The summed E-state index contributed by atoms with van der Waals surface area (Å²) < 4.78 is 30.4. The molecule has 0 saturated carbocycles. The van der Waals surface area contributed by atoms with E-state index in [-0.39, 0.29) is 5.75 Å². The molecule has 0 bridgehead atoms. The van der Waals surface area contributed by atoms with Gasteiger partial charge in [0.05, 0.1) is 24.3 Å². The van der Waals surface area contributed by atoms with Crippen molar-refractivity contribution >= 4 is 7.12 Å². The first kappa shape index (κ1) is 15.3. The Balaban J connectivity index is 2.21. The first-order chi connectivity index (χ1) is 9.18. The quantitative estimate of drug-likeness (QED) is 0.865. The van der Waals surface area contributed by atoms with Gasteiger partial charge in [0, 0.05) is 0 Å². The molecule has 1 fully saturated rings. The fourth-order valence-electron chi connectivity index (χ4n) is 2.08. The highest BCUT2D eigenvalue weighted by atomic mass is 19.1. The summed E-state index contributed by atoms with van der Waals surface area (Å²) in [4.78, 5) is 0. The molecule has 1 aliphatic heterocycles. The normalized spacial score (nSPS) is 21.9. The summed E-state index contributed by atoms with van der Waals surface area (Å²) in [5.74, 6) is -0.816. The van der Waals surface area contributed by atoms with Crippen LogP contribution in [0.3, 0.4) is 0 Å². The predicted molar refractivity (Wildman–Crippen MR) is 76.0 cm³/mol. The van der Waals surface area contributed by atoms with Crippen LogP contribution in [0.25, 0.3) is 0 Å². The van der Waals surface area contributed by atoms with E-state index in [2.05, 4.69) is 0 Å². The lowest BCUT2D eigenvalue weighted by atomic mass is 9.75. The van der Waals surface area contributed by atoms with Crippen molar-refractivity contribution in [3.8, 4) is 5.75 Å². The van der Waals surface area contributed by atoms with Gasteiger partial charge in [-0.2, -0.15) is 0 Å². The average molecular weight is 281 g/mol. The minimum Gasteiger partial charge on any atom is -0.494 e. The van der Waals surface area contributed by atoms with E-state index in [0.29, 0.717) is 5.56 Å². The molecule has 0 spiro atoms. The number of halogens is 1. The van der Waals surface area contributed by atoms with Crippen molar-refractivity contribution in [1.29, 1.82) is 0 Å². The van der Waals surface area contributed by atoms with Gasteiger partial charge in [0.2, 0.25) is 0 Å². The molecule has 6 heteroatoms. The summed E-state index contributed by atoms with van der Waals surface area (Å²) in [5.41, 5.74) is 5.84. The Bertz CT molecular complexity index is 491. The maximum Gasteiger partial charge on any atom is 0.480 e. The lowest BCUT2D eigenvalue weighted by Crippen LogP contribution is -2.41. The van der Waals surface area contributed by atoms with Crippen molar-refractivity contribution in [1.82, 2.24) is 0 Å². The van der Waals surface area contributed by atoms with Gasteiger partial charge >= 0.3 is 7.12 Å². The van der Waals surface area contributed by atoms with Crippen molar-refractivity contribution in [3.05, 3.63) is 29.6 Å². The number of nitrogens with two attached hydrogens (primary N) is 1. The highest BCUT2D eigenvalue weighted by molar-refractivity contribution is 6.47. The van der Waals surface area contributed by atoms with Crippen LogP contribution in [0.5, 0.6) is 5.75 Å². The molecule has 2 rings (SSSR count). The third-order valence-electron chi connectivity index (χ3n) is 4.13. The van der Waals surface area contributed by atoms with E-state index in [1.54, 1.807) is 12.1 Å². The first-order valence-corrected chi connectivity index (χ1v) is 6.62. The molecule has 0 radical (unpaired) electrons. The van der Waals surface area contributed by atoms with Gasteiger partial charge in [0.25, 0.3) is 0 Å². The summed E-state index contributed by atoms with van der Waals surface area (Å²) in [5, 5.41) is 0. The van der Waals surface area contributed by atoms with Crippen LogP contribution < -0.4 is 10.5 Å². The highest BCUT2D eigenvalue weighted by Crippen LogP contribution is 2.39. The van der Waals surface area contributed by atoms with Crippen LogP contribution in [0, 0.1) is 5.82 Å². The second-order valence-corrected chi connectivity index (χ2v) is 6.04. The third kappa shape index (κ3) is 2.55. The van der Waals surface area contributed by atoms with Crippen LogP contribution in [0.1, 0.15) is 39.2 Å². The molecule has 1 atom stereocenters. The van der Waals surface area contributed by atoms with E-state index in [4.69, 9.17) is 19.8 Å². The first-order valence-electron chi connectivity index (χ1n) is 6.62. The van der Waals surface area contributed by atoms with Crippen molar-refractivity contribution in [2.24, 2.45) is 5.73 Å². The predicted octanol–water partition coefficient (Wildman–Crippen LogP) is 2.47. The maximum absolute atomic E-state index is 13.7. The van der Waals surface area contributed by atoms with Crippen molar-refractivity contribution < 1.29 is 18.4 Å². The van der Waals surface area contributed by atoms with Gasteiger partial charge in [0.15, 0.2) is 11.6 Å². The van der Waals surface area contributed by atoms with Crippen LogP contribution in [-0.2, 0) is 9.31 Å². The van der Waals surface area contributed by atoms with Crippen LogP contribution in [-0.4, -0.2) is 25.4 Å². The molecule has 1 aromatic carbocycles. The fourth-order valence-corrected chi connectivity index (χ4v) is 2.08. The Hall–Kier alpha value is -1.11. The Labute approximate surface area is 119 Å². The Morgan fingerprint density at radius 3 is 2.20 bits per heavy atom. The van der Waals surface area contributed by atoms with Gasteiger partial charge in [-0.25, -0.2) is 4.39 Å². The molecule has 1 heterocycles. The van der Waals surface area contributed by atoms with Crippen molar-refractivity contribution in [2.45, 2.75) is 44.8 Å². The van der Waals surface area contributed by atoms with Crippen LogP contribution in [0.15, 0.2) is 18.2 Å².